The van der Waals surface area contributed by atoms with Crippen LogP contribution in [0.5, 0.6) is 0 Å². The van der Waals surface area contributed by atoms with E-state index in [1.807, 2.05) is 27.7 Å². The number of ketones is 1. The molecular formula is C12H22N2O2. The van der Waals surface area contributed by atoms with E-state index in [1.165, 1.54) is 0 Å². The van der Waals surface area contributed by atoms with Gasteiger partial charge in [0, 0.05) is 5.92 Å². The number of carbonyl (C=O) groups excluding carboxylic acids is 2. The van der Waals surface area contributed by atoms with Gasteiger partial charge in [0.15, 0.2) is 5.78 Å². The van der Waals surface area contributed by atoms with Crippen molar-refractivity contribution in [2.75, 3.05) is 0 Å². The third kappa shape index (κ3) is 4.13. The van der Waals surface area contributed by atoms with Crippen molar-refractivity contribution < 1.29 is 9.59 Å². The molecule has 0 rings (SSSR count). The summed E-state index contributed by atoms with van der Waals surface area (Å²) in [6.07, 6.45) is 0. The Kier molecular flexibility index (Phi) is 5.93. The fourth-order valence-corrected chi connectivity index (χ4v) is 1.47. The zero-order chi connectivity index (χ0) is 12.9. The fraction of sp³-hybridized carbons (Fsp3) is 0.750. The minimum absolute atomic E-state index is 0.0277. The van der Waals surface area contributed by atoms with Gasteiger partial charge >= 0.3 is 0 Å². The standard InChI is InChI=1S/C12H22N2O2/c1-7(2)10(13-6)12(16)14-9(5)11(15)8(3)4/h7-10H,6H2,1-5H3,(H,14,16)/t9-,10?/m0/s1. The average molecular weight is 226 g/mol. The largest absolute Gasteiger partial charge is 0.345 e. The first-order valence-corrected chi connectivity index (χ1v) is 5.61. The van der Waals surface area contributed by atoms with Crippen molar-refractivity contribution in [3.63, 3.8) is 0 Å². The highest BCUT2D eigenvalue weighted by Gasteiger charge is 2.24. The van der Waals surface area contributed by atoms with E-state index in [0.717, 1.165) is 0 Å². The highest BCUT2D eigenvalue weighted by atomic mass is 16.2. The minimum Gasteiger partial charge on any atom is -0.345 e. The smallest absolute Gasteiger partial charge is 0.245 e. The predicted molar refractivity (Wildman–Crippen MR) is 65.6 cm³/mol. The van der Waals surface area contributed by atoms with Crippen LogP contribution in [0.1, 0.15) is 34.6 Å². The molecule has 2 atom stereocenters. The molecule has 0 saturated carbocycles. The summed E-state index contributed by atoms with van der Waals surface area (Å²) in [4.78, 5) is 27.1. The lowest BCUT2D eigenvalue weighted by atomic mass is 10.0. The Morgan fingerprint density at radius 2 is 1.62 bits per heavy atom. The van der Waals surface area contributed by atoms with Gasteiger partial charge in [-0.15, -0.1) is 0 Å². The van der Waals surface area contributed by atoms with Crippen LogP contribution in [0.3, 0.4) is 0 Å². The second-order valence-corrected chi connectivity index (χ2v) is 4.66. The summed E-state index contributed by atoms with van der Waals surface area (Å²) in [6, 6.07) is -0.946. The summed E-state index contributed by atoms with van der Waals surface area (Å²) in [5.74, 6) is -0.199. The van der Waals surface area contributed by atoms with Gasteiger partial charge in [-0.1, -0.05) is 27.7 Å². The van der Waals surface area contributed by atoms with Crippen LogP contribution in [0.4, 0.5) is 0 Å². The number of hydrogen-bond acceptors (Lipinski definition) is 3. The zero-order valence-electron chi connectivity index (χ0n) is 10.8. The van der Waals surface area contributed by atoms with E-state index in [4.69, 9.17) is 0 Å². The number of Topliss-reactive ketones (excluding diaryl/α,β-unsaturated/α-hetero) is 1. The summed E-state index contributed by atoms with van der Waals surface area (Å²) < 4.78 is 0. The Hall–Kier alpha value is -1.19. The van der Waals surface area contributed by atoms with E-state index in [1.54, 1.807) is 6.92 Å². The van der Waals surface area contributed by atoms with Crippen molar-refractivity contribution in [1.82, 2.24) is 5.32 Å². The molecule has 92 valence electrons. The van der Waals surface area contributed by atoms with E-state index in [9.17, 15) is 9.59 Å². The number of nitrogens with one attached hydrogen (secondary N) is 1. The lowest BCUT2D eigenvalue weighted by Crippen LogP contribution is -2.45. The number of amides is 1. The highest BCUT2D eigenvalue weighted by molar-refractivity contribution is 5.91. The predicted octanol–water partition coefficient (Wildman–Crippen LogP) is 1.44. The third-order valence-electron chi connectivity index (χ3n) is 2.45. The molecule has 0 aromatic rings. The fourth-order valence-electron chi connectivity index (χ4n) is 1.47. The van der Waals surface area contributed by atoms with E-state index in [2.05, 4.69) is 17.0 Å². The number of rotatable bonds is 6. The Morgan fingerprint density at radius 1 is 1.12 bits per heavy atom. The van der Waals surface area contributed by atoms with Crippen LogP contribution >= 0.6 is 0 Å². The normalized spacial score (nSPS) is 14.7. The summed E-state index contributed by atoms with van der Waals surface area (Å²) in [7, 11) is 0. The molecule has 0 aliphatic heterocycles. The molecule has 0 fully saturated rings. The van der Waals surface area contributed by atoms with Crippen LogP contribution in [-0.4, -0.2) is 30.5 Å². The van der Waals surface area contributed by atoms with Crippen molar-refractivity contribution in [3.05, 3.63) is 0 Å². The van der Waals surface area contributed by atoms with Gasteiger partial charge in [0.1, 0.15) is 6.04 Å². The molecule has 0 aliphatic carbocycles. The van der Waals surface area contributed by atoms with E-state index >= 15 is 0 Å². The van der Waals surface area contributed by atoms with Crippen molar-refractivity contribution in [1.29, 1.82) is 0 Å². The molecule has 0 bridgehead atoms. The van der Waals surface area contributed by atoms with Gasteiger partial charge in [0.2, 0.25) is 5.91 Å². The van der Waals surface area contributed by atoms with Crippen LogP contribution in [-0.2, 0) is 9.59 Å². The van der Waals surface area contributed by atoms with Gasteiger partial charge in [-0.3, -0.25) is 14.6 Å². The monoisotopic (exact) mass is 226 g/mol. The van der Waals surface area contributed by atoms with Crippen molar-refractivity contribution >= 4 is 18.4 Å². The van der Waals surface area contributed by atoms with E-state index < -0.39 is 12.1 Å². The lowest BCUT2D eigenvalue weighted by Gasteiger charge is -2.20. The maximum absolute atomic E-state index is 11.8. The molecular weight excluding hydrogens is 204 g/mol. The summed E-state index contributed by atoms with van der Waals surface area (Å²) in [5.41, 5.74) is 0. The maximum Gasteiger partial charge on any atom is 0.245 e. The molecule has 1 N–H and O–H groups in total. The SMILES string of the molecule is C=NC(C(=O)N[C@@H](C)C(=O)C(C)C)C(C)C. The van der Waals surface area contributed by atoms with Crippen LogP contribution in [0.15, 0.2) is 4.99 Å². The molecule has 0 aromatic heterocycles. The number of carbonyl (C=O) groups is 2. The van der Waals surface area contributed by atoms with Gasteiger partial charge in [0.05, 0.1) is 6.04 Å². The van der Waals surface area contributed by atoms with Gasteiger partial charge in [-0.05, 0) is 19.6 Å². The number of nitrogens with zero attached hydrogens (tertiary/aromatic N) is 1. The molecule has 0 aliphatic rings. The summed E-state index contributed by atoms with van der Waals surface area (Å²) in [6.45, 7) is 12.5. The highest BCUT2D eigenvalue weighted by Crippen LogP contribution is 2.07. The zero-order valence-corrected chi connectivity index (χ0v) is 10.8. The number of aliphatic imine (C=N–C) groups is 1. The van der Waals surface area contributed by atoms with Crippen LogP contribution in [0.25, 0.3) is 0 Å². The lowest BCUT2D eigenvalue weighted by molar-refractivity contribution is -0.130. The molecule has 0 spiro atoms. The van der Waals surface area contributed by atoms with Crippen LogP contribution in [0, 0.1) is 11.8 Å². The van der Waals surface area contributed by atoms with E-state index in [-0.39, 0.29) is 23.5 Å². The van der Waals surface area contributed by atoms with Gasteiger partial charge < -0.3 is 5.32 Å². The minimum atomic E-state index is -0.484. The molecule has 1 amide bonds. The van der Waals surface area contributed by atoms with E-state index in [0.29, 0.717) is 0 Å². The first-order valence-electron chi connectivity index (χ1n) is 5.61. The molecule has 4 nitrogen and oxygen atoms in total. The molecule has 0 radical (unpaired) electrons. The second kappa shape index (κ2) is 6.40. The molecule has 0 saturated heterocycles. The van der Waals surface area contributed by atoms with Crippen molar-refractivity contribution in [3.8, 4) is 0 Å². The molecule has 0 aromatic carbocycles. The maximum atomic E-state index is 11.8. The summed E-state index contributed by atoms with van der Waals surface area (Å²) in [5, 5.41) is 2.67. The van der Waals surface area contributed by atoms with Crippen LogP contribution in [0.2, 0.25) is 0 Å². The summed E-state index contributed by atoms with van der Waals surface area (Å²) >= 11 is 0. The Morgan fingerprint density at radius 3 is 1.94 bits per heavy atom. The molecule has 0 heterocycles. The van der Waals surface area contributed by atoms with Gasteiger partial charge in [-0.2, -0.15) is 0 Å². The Labute approximate surface area is 97.5 Å². The molecule has 4 heteroatoms. The molecule has 1 unspecified atom stereocenters. The second-order valence-electron chi connectivity index (χ2n) is 4.66. The first kappa shape index (κ1) is 14.8. The van der Waals surface area contributed by atoms with Crippen molar-refractivity contribution in [2.45, 2.75) is 46.7 Å². The topological polar surface area (TPSA) is 58.5 Å². The number of hydrogen-bond donors (Lipinski definition) is 1. The molecule has 16 heavy (non-hydrogen) atoms. The average Bonchev–Trinajstić information content (AvgIpc) is 2.16. The Balaban J connectivity index is 4.44. The van der Waals surface area contributed by atoms with Gasteiger partial charge in [0.25, 0.3) is 0 Å². The first-order chi connectivity index (χ1) is 7.31. The third-order valence-corrected chi connectivity index (χ3v) is 2.45. The van der Waals surface area contributed by atoms with Gasteiger partial charge in [-0.25, -0.2) is 0 Å². The van der Waals surface area contributed by atoms with Crippen LogP contribution < -0.4 is 5.32 Å². The quantitative estimate of drug-likeness (QED) is 0.697. The van der Waals surface area contributed by atoms with Crippen molar-refractivity contribution in [2.24, 2.45) is 16.8 Å². The Bertz CT molecular complexity index is 272.